The molecule has 98 valence electrons. The van der Waals surface area contributed by atoms with Gasteiger partial charge in [0.05, 0.1) is 11.4 Å². The maximum atomic E-state index is 5.84. The number of alkyl halides is 2. The Morgan fingerprint density at radius 3 is 2.44 bits per heavy atom. The van der Waals surface area contributed by atoms with Crippen molar-refractivity contribution in [2.45, 2.75) is 28.0 Å². The molecule has 0 aliphatic carbocycles. The lowest BCUT2D eigenvalue weighted by atomic mass is 9.90. The van der Waals surface area contributed by atoms with Crippen LogP contribution in [0.4, 0.5) is 0 Å². The Bertz CT molecular complexity index is 521. The molecule has 6 heteroatoms. The molecule has 0 radical (unpaired) electrons. The fraction of sp³-hybridized carbons (Fsp3) is 0.417. The molecule has 0 unspecified atom stereocenters. The highest BCUT2D eigenvalue weighted by Gasteiger charge is 2.40. The van der Waals surface area contributed by atoms with Gasteiger partial charge in [0.2, 0.25) is 0 Å². The molecule has 0 fully saturated rings. The van der Waals surface area contributed by atoms with Crippen LogP contribution in [0.3, 0.4) is 0 Å². The second kappa shape index (κ2) is 4.90. The SMILES string of the molecule is C=C(I)c1cc2c(c(C(C)(C)C)n1)OC(I)(I)O2. The lowest BCUT2D eigenvalue weighted by Crippen LogP contribution is -2.22. The first-order chi connectivity index (χ1) is 8.10. The number of nitrogens with zero attached hydrogens (tertiary/aromatic N) is 1. The number of aromatic nitrogens is 1. The molecule has 0 spiro atoms. The largest absolute Gasteiger partial charge is 0.432 e. The molecular formula is C12H12I3NO2. The summed E-state index contributed by atoms with van der Waals surface area (Å²) in [7, 11) is 0. The monoisotopic (exact) mass is 583 g/mol. The summed E-state index contributed by atoms with van der Waals surface area (Å²) in [4.78, 5) is 4.66. The second-order valence-electron chi connectivity index (χ2n) is 5.01. The van der Waals surface area contributed by atoms with Gasteiger partial charge in [0.1, 0.15) is 0 Å². The maximum Gasteiger partial charge on any atom is 0.355 e. The number of rotatable bonds is 1. The molecule has 0 bridgehead atoms. The Labute approximate surface area is 148 Å². The smallest absolute Gasteiger partial charge is 0.355 e. The van der Waals surface area contributed by atoms with E-state index in [1.165, 1.54) is 0 Å². The van der Waals surface area contributed by atoms with Crippen LogP contribution in [0.2, 0.25) is 0 Å². The van der Waals surface area contributed by atoms with E-state index in [1.54, 1.807) is 0 Å². The molecule has 2 rings (SSSR count). The molecule has 1 aliphatic heterocycles. The summed E-state index contributed by atoms with van der Waals surface area (Å²) in [6.07, 6.45) is 0. The minimum Gasteiger partial charge on any atom is -0.432 e. The zero-order valence-corrected chi connectivity index (χ0v) is 16.7. The number of halogens is 3. The van der Waals surface area contributed by atoms with Crippen LogP contribution in [0.15, 0.2) is 12.6 Å². The van der Waals surface area contributed by atoms with Crippen molar-refractivity contribution in [2.75, 3.05) is 0 Å². The van der Waals surface area contributed by atoms with Gasteiger partial charge >= 0.3 is 1.80 Å². The maximum absolute atomic E-state index is 5.84. The molecule has 0 saturated carbocycles. The number of ether oxygens (including phenoxy) is 2. The molecule has 2 heterocycles. The van der Waals surface area contributed by atoms with Crippen LogP contribution in [0.25, 0.3) is 3.58 Å². The first-order valence-corrected chi connectivity index (χ1v) is 8.50. The first-order valence-electron chi connectivity index (χ1n) is 5.26. The van der Waals surface area contributed by atoms with E-state index in [9.17, 15) is 0 Å². The van der Waals surface area contributed by atoms with Crippen LogP contribution in [0, 0.1) is 0 Å². The van der Waals surface area contributed by atoms with E-state index in [0.29, 0.717) is 0 Å². The highest BCUT2D eigenvalue weighted by Crippen LogP contribution is 2.50. The van der Waals surface area contributed by atoms with Crippen LogP contribution < -0.4 is 9.47 Å². The van der Waals surface area contributed by atoms with Gasteiger partial charge in [-0.3, -0.25) is 0 Å². The molecular weight excluding hydrogens is 571 g/mol. The zero-order chi connectivity index (χ0) is 13.7. The van der Waals surface area contributed by atoms with Gasteiger partial charge in [-0.2, -0.15) is 0 Å². The lowest BCUT2D eigenvalue weighted by molar-refractivity contribution is 0.134. The van der Waals surface area contributed by atoms with Crippen LogP contribution in [-0.4, -0.2) is 6.78 Å². The summed E-state index contributed by atoms with van der Waals surface area (Å²) in [6, 6.07) is 1.89. The molecule has 0 amide bonds. The van der Waals surface area contributed by atoms with E-state index in [4.69, 9.17) is 9.47 Å². The topological polar surface area (TPSA) is 31.4 Å². The van der Waals surface area contributed by atoms with E-state index >= 15 is 0 Å². The standard InChI is InChI=1S/C12H12I3NO2/c1-6(13)7-5-8-9(18-12(14,15)17-8)10(16-7)11(2,3)4/h5H,1H2,2-4H3. The predicted octanol–water partition coefficient (Wildman–Crippen LogP) is 5.04. The molecule has 3 nitrogen and oxygen atoms in total. The van der Waals surface area contributed by atoms with E-state index in [-0.39, 0.29) is 5.41 Å². The molecule has 0 saturated heterocycles. The lowest BCUT2D eigenvalue weighted by Gasteiger charge is -2.20. The van der Waals surface area contributed by atoms with Crippen molar-refractivity contribution in [1.29, 1.82) is 0 Å². The molecule has 1 aliphatic rings. The van der Waals surface area contributed by atoms with Gasteiger partial charge in [-0.1, -0.05) is 27.4 Å². The fourth-order valence-corrected chi connectivity index (χ4v) is 2.79. The van der Waals surface area contributed by atoms with Crippen molar-refractivity contribution in [1.82, 2.24) is 4.98 Å². The highest BCUT2D eigenvalue weighted by molar-refractivity contribution is 14.2. The summed E-state index contributed by atoms with van der Waals surface area (Å²) < 4.78 is 11.8. The van der Waals surface area contributed by atoms with E-state index < -0.39 is 1.80 Å². The van der Waals surface area contributed by atoms with Gasteiger partial charge in [0.25, 0.3) is 0 Å². The van der Waals surface area contributed by atoms with Gasteiger partial charge in [-0.15, -0.1) is 0 Å². The van der Waals surface area contributed by atoms with Crippen LogP contribution in [0.5, 0.6) is 11.5 Å². The summed E-state index contributed by atoms with van der Waals surface area (Å²) in [5, 5.41) is 0. The number of pyridine rings is 1. The Kier molecular flexibility index (Phi) is 4.11. The van der Waals surface area contributed by atoms with Gasteiger partial charge < -0.3 is 9.47 Å². The third-order valence-electron chi connectivity index (χ3n) is 2.38. The van der Waals surface area contributed by atoms with Gasteiger partial charge in [0, 0.05) is 60.2 Å². The van der Waals surface area contributed by atoms with Gasteiger partial charge in [-0.25, -0.2) is 4.98 Å². The van der Waals surface area contributed by atoms with E-state index in [0.717, 1.165) is 26.5 Å². The minimum atomic E-state index is -0.690. The van der Waals surface area contributed by atoms with E-state index in [1.807, 2.05) is 6.07 Å². The Hall–Kier alpha value is 0.680. The van der Waals surface area contributed by atoms with Gasteiger partial charge in [-0.05, 0) is 22.6 Å². The molecule has 0 atom stereocenters. The summed E-state index contributed by atoms with van der Waals surface area (Å²) in [5.74, 6) is 1.49. The first kappa shape index (κ1) is 15.1. The van der Waals surface area contributed by atoms with Crippen molar-refractivity contribution in [3.8, 4) is 11.5 Å². The molecule has 1 aromatic heterocycles. The van der Waals surface area contributed by atoms with Crippen LogP contribution in [0.1, 0.15) is 32.2 Å². The third-order valence-corrected chi connectivity index (χ3v) is 3.81. The normalized spacial score (nSPS) is 16.8. The average molecular weight is 583 g/mol. The van der Waals surface area contributed by atoms with Crippen molar-refractivity contribution in [3.05, 3.63) is 24.0 Å². The number of fused-ring (bicyclic) bond motifs is 1. The molecule has 0 aromatic carbocycles. The predicted molar refractivity (Wildman–Crippen MR) is 98.0 cm³/mol. The zero-order valence-electron chi connectivity index (χ0n) is 10.2. The summed E-state index contributed by atoms with van der Waals surface area (Å²) in [6.45, 7) is 10.3. The highest BCUT2D eigenvalue weighted by atomic mass is 127. The van der Waals surface area contributed by atoms with Crippen molar-refractivity contribution in [3.63, 3.8) is 0 Å². The van der Waals surface area contributed by atoms with Crippen LogP contribution >= 0.6 is 67.8 Å². The molecule has 0 N–H and O–H groups in total. The quantitative estimate of drug-likeness (QED) is 0.344. The number of hydrogen-bond acceptors (Lipinski definition) is 3. The van der Waals surface area contributed by atoms with E-state index in [2.05, 4.69) is 100 Å². The molecule has 18 heavy (non-hydrogen) atoms. The van der Waals surface area contributed by atoms with Crippen LogP contribution in [-0.2, 0) is 5.41 Å². The Morgan fingerprint density at radius 1 is 1.33 bits per heavy atom. The Morgan fingerprint density at radius 2 is 1.94 bits per heavy atom. The summed E-state index contributed by atoms with van der Waals surface area (Å²) >= 11 is 6.42. The van der Waals surface area contributed by atoms with Crippen molar-refractivity contribution in [2.24, 2.45) is 0 Å². The third kappa shape index (κ3) is 3.05. The fourth-order valence-electron chi connectivity index (χ4n) is 1.60. The Balaban J connectivity index is 2.64. The summed E-state index contributed by atoms with van der Waals surface area (Å²) in [5.41, 5.74) is 1.64. The minimum absolute atomic E-state index is 0.108. The van der Waals surface area contributed by atoms with Crippen molar-refractivity contribution < 1.29 is 9.47 Å². The number of hydrogen-bond donors (Lipinski definition) is 0. The van der Waals surface area contributed by atoms with Gasteiger partial charge in [0.15, 0.2) is 11.5 Å². The average Bonchev–Trinajstić information content (AvgIpc) is 2.47. The second-order valence-corrected chi connectivity index (χ2v) is 11.2. The van der Waals surface area contributed by atoms with Crippen molar-refractivity contribution >= 4 is 71.4 Å². The molecule has 1 aromatic rings.